The van der Waals surface area contributed by atoms with Crippen LogP contribution in [0.4, 0.5) is 0 Å². The van der Waals surface area contributed by atoms with Gasteiger partial charge in [-0.3, -0.25) is 9.59 Å². The summed E-state index contributed by atoms with van der Waals surface area (Å²) in [5.41, 5.74) is 0.730. The number of hydrogen-bond acceptors (Lipinski definition) is 4. The second-order valence-corrected chi connectivity index (χ2v) is 7.67. The number of aryl methyl sites for hydroxylation is 1. The Morgan fingerprint density at radius 1 is 1.43 bits per heavy atom. The Labute approximate surface area is 129 Å². The third kappa shape index (κ3) is 3.61. The zero-order valence-electron chi connectivity index (χ0n) is 13.3. The van der Waals surface area contributed by atoms with E-state index < -0.39 is 0 Å². The molecule has 0 aliphatic carbocycles. The van der Waals surface area contributed by atoms with E-state index >= 15 is 0 Å². The Bertz CT molecular complexity index is 560. The maximum absolute atomic E-state index is 12.4. The molecule has 6 heteroatoms. The lowest BCUT2D eigenvalue weighted by molar-refractivity contribution is -0.132. The third-order valence-corrected chi connectivity index (χ3v) is 5.19. The van der Waals surface area contributed by atoms with Crippen molar-refractivity contribution in [3.8, 4) is 0 Å². The van der Waals surface area contributed by atoms with Gasteiger partial charge >= 0.3 is 0 Å². The number of nitrogens with one attached hydrogen (secondary N) is 1. The molecule has 1 saturated heterocycles. The third-order valence-electron chi connectivity index (χ3n) is 3.61. The average molecular weight is 309 g/mol. The maximum atomic E-state index is 12.4. The van der Waals surface area contributed by atoms with Gasteiger partial charge in [0, 0.05) is 31.5 Å². The van der Waals surface area contributed by atoms with E-state index in [1.807, 2.05) is 6.92 Å². The first-order valence-corrected chi connectivity index (χ1v) is 8.03. The van der Waals surface area contributed by atoms with Gasteiger partial charge in [0.1, 0.15) is 4.88 Å². The molecule has 0 bridgehead atoms. The van der Waals surface area contributed by atoms with E-state index in [1.54, 1.807) is 11.9 Å². The smallest absolute Gasteiger partial charge is 0.263 e. The van der Waals surface area contributed by atoms with Crippen LogP contribution in [0.5, 0.6) is 0 Å². The minimum atomic E-state index is -0.0757. The van der Waals surface area contributed by atoms with Crippen LogP contribution < -0.4 is 5.32 Å². The first-order valence-electron chi connectivity index (χ1n) is 7.21. The van der Waals surface area contributed by atoms with Gasteiger partial charge in [0.25, 0.3) is 5.91 Å². The van der Waals surface area contributed by atoms with E-state index in [0.29, 0.717) is 24.3 Å². The molecule has 0 radical (unpaired) electrons. The fourth-order valence-electron chi connectivity index (χ4n) is 2.31. The van der Waals surface area contributed by atoms with Crippen molar-refractivity contribution in [2.75, 3.05) is 13.6 Å². The molecule has 2 amide bonds. The SMILES string of the molecule is Cc1nc(C(C)(C)C)sc1C(=O)N[C@@H]1CCC(=O)N(C)C1. The van der Waals surface area contributed by atoms with Crippen molar-refractivity contribution in [1.82, 2.24) is 15.2 Å². The van der Waals surface area contributed by atoms with Gasteiger partial charge in [-0.05, 0) is 13.3 Å². The summed E-state index contributed by atoms with van der Waals surface area (Å²) in [5.74, 6) is 0.0673. The van der Waals surface area contributed by atoms with Crippen LogP contribution in [-0.4, -0.2) is 41.3 Å². The van der Waals surface area contributed by atoms with E-state index in [-0.39, 0.29) is 23.3 Å². The molecule has 1 fully saturated rings. The van der Waals surface area contributed by atoms with E-state index in [0.717, 1.165) is 10.7 Å². The summed E-state index contributed by atoms with van der Waals surface area (Å²) in [5, 5.41) is 4.00. The van der Waals surface area contributed by atoms with Crippen LogP contribution in [-0.2, 0) is 10.2 Å². The van der Waals surface area contributed by atoms with Crippen molar-refractivity contribution in [2.45, 2.75) is 52.0 Å². The molecule has 2 rings (SSSR count). The fourth-order valence-corrected chi connectivity index (χ4v) is 3.34. The molecule has 1 aromatic rings. The quantitative estimate of drug-likeness (QED) is 0.910. The van der Waals surface area contributed by atoms with Crippen molar-refractivity contribution >= 4 is 23.2 Å². The van der Waals surface area contributed by atoms with Gasteiger partial charge in [-0.1, -0.05) is 20.8 Å². The molecule has 1 aliphatic rings. The Morgan fingerprint density at radius 2 is 2.10 bits per heavy atom. The highest BCUT2D eigenvalue weighted by Crippen LogP contribution is 2.29. The van der Waals surface area contributed by atoms with Gasteiger partial charge in [-0.25, -0.2) is 4.98 Å². The molecule has 5 nitrogen and oxygen atoms in total. The van der Waals surface area contributed by atoms with Crippen molar-refractivity contribution in [1.29, 1.82) is 0 Å². The molecule has 21 heavy (non-hydrogen) atoms. The van der Waals surface area contributed by atoms with Gasteiger partial charge in [-0.2, -0.15) is 0 Å². The van der Waals surface area contributed by atoms with Gasteiger partial charge in [-0.15, -0.1) is 11.3 Å². The molecule has 0 saturated carbocycles. The number of carbonyl (C=O) groups is 2. The summed E-state index contributed by atoms with van der Waals surface area (Å²) in [7, 11) is 1.77. The summed E-state index contributed by atoms with van der Waals surface area (Å²) in [6.07, 6.45) is 1.20. The van der Waals surface area contributed by atoms with Crippen LogP contribution in [0.25, 0.3) is 0 Å². The van der Waals surface area contributed by atoms with E-state index in [2.05, 4.69) is 31.1 Å². The lowest BCUT2D eigenvalue weighted by Gasteiger charge is -2.30. The maximum Gasteiger partial charge on any atom is 0.263 e. The predicted molar refractivity (Wildman–Crippen MR) is 83.7 cm³/mol. The standard InChI is InChI=1S/C15H23N3O2S/c1-9-12(21-14(16-9)15(2,3)4)13(20)17-10-6-7-11(19)18(5)8-10/h10H,6-8H2,1-5H3,(H,17,20)/t10-/m1/s1. The van der Waals surface area contributed by atoms with Gasteiger partial charge in [0.15, 0.2) is 0 Å². The largest absolute Gasteiger partial charge is 0.347 e. The second-order valence-electron chi connectivity index (χ2n) is 6.67. The summed E-state index contributed by atoms with van der Waals surface area (Å²) in [6, 6.07) is 0.0276. The number of likely N-dealkylation sites (tertiary alicyclic amines) is 1. The number of nitrogens with zero attached hydrogens (tertiary/aromatic N) is 2. The first-order chi connectivity index (χ1) is 9.68. The molecule has 116 valence electrons. The number of aromatic nitrogens is 1. The number of hydrogen-bond donors (Lipinski definition) is 1. The molecule has 0 spiro atoms. The van der Waals surface area contributed by atoms with Crippen molar-refractivity contribution in [3.63, 3.8) is 0 Å². The average Bonchev–Trinajstić information content (AvgIpc) is 2.76. The van der Waals surface area contributed by atoms with Crippen molar-refractivity contribution in [3.05, 3.63) is 15.6 Å². The molecule has 1 aromatic heterocycles. The fraction of sp³-hybridized carbons (Fsp3) is 0.667. The summed E-state index contributed by atoms with van der Waals surface area (Å²) in [4.78, 5) is 30.8. The number of piperidine rings is 1. The van der Waals surface area contributed by atoms with Gasteiger partial charge < -0.3 is 10.2 Å². The molecule has 1 atom stereocenters. The molecular formula is C15H23N3O2S. The Hall–Kier alpha value is -1.43. The number of thiazole rings is 1. The van der Waals surface area contributed by atoms with E-state index in [4.69, 9.17) is 0 Å². The Kier molecular flexibility index (Phi) is 4.37. The molecule has 1 N–H and O–H groups in total. The predicted octanol–water partition coefficient (Wildman–Crippen LogP) is 2.10. The monoisotopic (exact) mass is 309 g/mol. The lowest BCUT2D eigenvalue weighted by atomic mass is 9.98. The second kappa shape index (κ2) is 5.75. The van der Waals surface area contributed by atoms with Crippen LogP contribution >= 0.6 is 11.3 Å². The molecule has 0 aromatic carbocycles. The number of likely N-dealkylation sites (N-methyl/N-ethyl adjacent to an activating group) is 1. The highest BCUT2D eigenvalue weighted by atomic mass is 32.1. The summed E-state index contributed by atoms with van der Waals surface area (Å²) >= 11 is 1.46. The van der Waals surface area contributed by atoms with Crippen molar-refractivity contribution < 1.29 is 9.59 Å². The summed E-state index contributed by atoms with van der Waals surface area (Å²) in [6.45, 7) is 8.73. The Morgan fingerprint density at radius 3 is 2.62 bits per heavy atom. The molecular weight excluding hydrogens is 286 g/mol. The van der Waals surface area contributed by atoms with Crippen LogP contribution in [0.15, 0.2) is 0 Å². The first kappa shape index (κ1) is 15.9. The number of rotatable bonds is 2. The molecule has 0 unspecified atom stereocenters. The normalized spacial score (nSPS) is 19.8. The van der Waals surface area contributed by atoms with Crippen LogP contribution in [0.1, 0.15) is 54.0 Å². The molecule has 2 heterocycles. The summed E-state index contributed by atoms with van der Waals surface area (Å²) < 4.78 is 0. The van der Waals surface area contributed by atoms with Crippen LogP contribution in [0.2, 0.25) is 0 Å². The minimum absolute atomic E-state index is 0.0276. The molecule has 1 aliphatic heterocycles. The number of carbonyl (C=O) groups excluding carboxylic acids is 2. The highest BCUT2D eigenvalue weighted by molar-refractivity contribution is 7.14. The zero-order valence-corrected chi connectivity index (χ0v) is 14.1. The van der Waals surface area contributed by atoms with E-state index in [9.17, 15) is 9.59 Å². The van der Waals surface area contributed by atoms with Gasteiger partial charge in [0.05, 0.1) is 10.7 Å². The van der Waals surface area contributed by atoms with Crippen molar-refractivity contribution in [2.24, 2.45) is 0 Å². The van der Waals surface area contributed by atoms with Gasteiger partial charge in [0.2, 0.25) is 5.91 Å². The lowest BCUT2D eigenvalue weighted by Crippen LogP contribution is -2.48. The topological polar surface area (TPSA) is 62.3 Å². The Balaban J connectivity index is 2.07. The zero-order chi connectivity index (χ0) is 15.8. The number of amides is 2. The van der Waals surface area contributed by atoms with Crippen LogP contribution in [0, 0.1) is 6.92 Å². The van der Waals surface area contributed by atoms with E-state index in [1.165, 1.54) is 11.3 Å². The minimum Gasteiger partial charge on any atom is -0.347 e. The van der Waals surface area contributed by atoms with Crippen LogP contribution in [0.3, 0.4) is 0 Å². The highest BCUT2D eigenvalue weighted by Gasteiger charge is 2.27.